The quantitative estimate of drug-likeness (QED) is 0.731. The van der Waals surface area contributed by atoms with Crippen molar-refractivity contribution in [3.05, 3.63) is 72.0 Å². The molecule has 3 heterocycles. The number of allylic oxidation sites excluding steroid dienone is 3. The van der Waals surface area contributed by atoms with Crippen molar-refractivity contribution in [3.8, 4) is 0 Å². The van der Waals surface area contributed by atoms with Gasteiger partial charge in [0, 0.05) is 30.8 Å². The van der Waals surface area contributed by atoms with Gasteiger partial charge in [0.25, 0.3) is 0 Å². The van der Waals surface area contributed by atoms with Crippen LogP contribution in [0.4, 0.5) is 0 Å². The number of pyridine rings is 1. The van der Waals surface area contributed by atoms with Crippen molar-refractivity contribution in [2.75, 3.05) is 0 Å². The molecule has 0 amide bonds. The van der Waals surface area contributed by atoms with Crippen molar-refractivity contribution in [1.82, 2.24) is 14.8 Å². The van der Waals surface area contributed by atoms with Crippen molar-refractivity contribution >= 4 is 5.71 Å². The second kappa shape index (κ2) is 8.26. The number of fused-ring (bicyclic) bond motifs is 1. The first-order chi connectivity index (χ1) is 12.7. The fourth-order valence-electron chi connectivity index (χ4n) is 3.88. The smallest absolute Gasteiger partial charge is 0.0920 e. The molecule has 1 unspecified atom stereocenters. The zero-order valence-corrected chi connectivity index (χ0v) is 16.0. The number of aryl methyl sites for hydroxylation is 2. The highest BCUT2D eigenvalue weighted by atomic mass is 15.3. The Balaban J connectivity index is 1.97. The minimum absolute atomic E-state index is 0.0519. The number of aromatic nitrogens is 3. The molecule has 0 radical (unpaired) electrons. The molecule has 0 aliphatic carbocycles. The molecule has 0 aromatic carbocycles. The van der Waals surface area contributed by atoms with Gasteiger partial charge in [-0.15, -0.1) is 0 Å². The minimum atomic E-state index is 0.0519. The molecule has 2 aromatic heterocycles. The van der Waals surface area contributed by atoms with Crippen molar-refractivity contribution in [1.29, 1.82) is 0 Å². The lowest BCUT2D eigenvalue weighted by atomic mass is 9.72. The molecule has 4 nitrogen and oxygen atoms in total. The molecule has 0 bridgehead atoms. The van der Waals surface area contributed by atoms with Crippen molar-refractivity contribution < 1.29 is 0 Å². The Kier molecular flexibility index (Phi) is 5.82. The van der Waals surface area contributed by atoms with E-state index in [9.17, 15) is 0 Å². The van der Waals surface area contributed by atoms with Crippen LogP contribution < -0.4 is 0 Å². The number of aliphatic imine (C=N–C) groups is 1. The molecule has 2 aromatic rings. The van der Waals surface area contributed by atoms with E-state index in [4.69, 9.17) is 4.99 Å². The lowest BCUT2D eigenvalue weighted by molar-refractivity contribution is 0.293. The topological polar surface area (TPSA) is 43.1 Å². The number of rotatable bonds is 4. The van der Waals surface area contributed by atoms with Crippen LogP contribution in [-0.4, -0.2) is 20.5 Å². The van der Waals surface area contributed by atoms with Crippen molar-refractivity contribution in [2.45, 2.75) is 53.0 Å². The van der Waals surface area contributed by atoms with Gasteiger partial charge in [0.05, 0.1) is 11.4 Å². The summed E-state index contributed by atoms with van der Waals surface area (Å²) in [5, 5.41) is 4.51. The second-order valence-electron chi connectivity index (χ2n) is 7.09. The summed E-state index contributed by atoms with van der Waals surface area (Å²) in [6, 6.07) is 8.16. The third kappa shape index (κ3) is 3.85. The normalized spacial score (nSPS) is 22.1. The SMILES string of the molecule is C\C=C/N=C(\C(=C/C)C1(C)CCCc2ccnn2CC1)c1ccccn1. The monoisotopic (exact) mass is 348 g/mol. The lowest BCUT2D eigenvalue weighted by Crippen LogP contribution is -2.29. The maximum absolute atomic E-state index is 4.78. The number of hydrogen-bond acceptors (Lipinski definition) is 3. The van der Waals surface area contributed by atoms with E-state index in [-0.39, 0.29) is 5.41 Å². The Morgan fingerprint density at radius 3 is 2.81 bits per heavy atom. The highest BCUT2D eigenvalue weighted by Crippen LogP contribution is 2.40. The number of nitrogens with zero attached hydrogens (tertiary/aromatic N) is 4. The lowest BCUT2D eigenvalue weighted by Gasteiger charge is -2.35. The standard InChI is InChI=1S/C22H28N4/c1-4-14-24-21(20-10-6-7-15-23-20)19(5-2)22(3)12-8-9-18-11-16-25-26(18)17-13-22/h4-7,10-11,14-16H,8-9,12-13,17H2,1-3H3/b14-4-,19-5+,24-21+. The molecule has 1 aliphatic heterocycles. The molecular formula is C22H28N4. The van der Waals surface area contributed by atoms with Crippen LogP contribution in [0.15, 0.2) is 65.6 Å². The molecule has 0 saturated carbocycles. The molecule has 4 heteroatoms. The summed E-state index contributed by atoms with van der Waals surface area (Å²) in [6.07, 6.45) is 14.2. The van der Waals surface area contributed by atoms with E-state index in [1.165, 1.54) is 11.3 Å². The molecule has 136 valence electrons. The van der Waals surface area contributed by atoms with E-state index in [0.29, 0.717) is 0 Å². The third-order valence-electron chi connectivity index (χ3n) is 5.30. The predicted molar refractivity (Wildman–Crippen MR) is 107 cm³/mol. The maximum atomic E-state index is 4.78. The summed E-state index contributed by atoms with van der Waals surface area (Å²) in [6.45, 7) is 7.42. The first kappa shape index (κ1) is 18.3. The first-order valence-electron chi connectivity index (χ1n) is 9.46. The van der Waals surface area contributed by atoms with Gasteiger partial charge in [0.15, 0.2) is 0 Å². The predicted octanol–water partition coefficient (Wildman–Crippen LogP) is 4.98. The van der Waals surface area contributed by atoms with Crippen molar-refractivity contribution in [3.63, 3.8) is 0 Å². The Morgan fingerprint density at radius 2 is 2.08 bits per heavy atom. The van der Waals surface area contributed by atoms with E-state index in [2.05, 4.69) is 40.8 Å². The summed E-state index contributed by atoms with van der Waals surface area (Å²) < 4.78 is 2.16. The summed E-state index contributed by atoms with van der Waals surface area (Å²) in [5.41, 5.74) is 4.60. The summed E-state index contributed by atoms with van der Waals surface area (Å²) in [7, 11) is 0. The van der Waals surface area contributed by atoms with Gasteiger partial charge >= 0.3 is 0 Å². The van der Waals surface area contributed by atoms with Gasteiger partial charge in [-0.2, -0.15) is 5.10 Å². The Morgan fingerprint density at radius 1 is 1.19 bits per heavy atom. The highest BCUT2D eigenvalue weighted by molar-refractivity contribution is 6.12. The third-order valence-corrected chi connectivity index (χ3v) is 5.30. The fraction of sp³-hybridized carbons (Fsp3) is 0.409. The zero-order chi connectivity index (χ0) is 18.4. The van der Waals surface area contributed by atoms with Gasteiger partial charge in [-0.3, -0.25) is 14.7 Å². The minimum Gasteiger partial charge on any atom is -0.270 e. The van der Waals surface area contributed by atoms with Crippen LogP contribution in [0.3, 0.4) is 0 Å². The van der Waals surface area contributed by atoms with Gasteiger partial charge in [0.1, 0.15) is 0 Å². The molecule has 0 fully saturated rings. The summed E-state index contributed by atoms with van der Waals surface area (Å²) >= 11 is 0. The van der Waals surface area contributed by atoms with E-state index in [1.807, 2.05) is 49.8 Å². The largest absolute Gasteiger partial charge is 0.270 e. The van der Waals surface area contributed by atoms with Gasteiger partial charge in [-0.25, -0.2) is 0 Å². The first-order valence-corrected chi connectivity index (χ1v) is 9.46. The Hall–Kier alpha value is -2.49. The van der Waals surface area contributed by atoms with E-state index < -0.39 is 0 Å². The molecule has 3 rings (SSSR count). The zero-order valence-electron chi connectivity index (χ0n) is 16.0. The molecule has 0 spiro atoms. The molecule has 0 N–H and O–H groups in total. The average molecular weight is 348 g/mol. The molecule has 1 atom stereocenters. The van der Waals surface area contributed by atoms with Crippen LogP contribution in [0.2, 0.25) is 0 Å². The van der Waals surface area contributed by atoms with Gasteiger partial charge < -0.3 is 0 Å². The fourth-order valence-corrected chi connectivity index (χ4v) is 3.88. The Labute approximate surface area is 156 Å². The van der Waals surface area contributed by atoms with Crippen LogP contribution >= 0.6 is 0 Å². The van der Waals surface area contributed by atoms with E-state index >= 15 is 0 Å². The highest BCUT2D eigenvalue weighted by Gasteiger charge is 2.33. The van der Waals surface area contributed by atoms with Gasteiger partial charge in [-0.05, 0) is 68.7 Å². The van der Waals surface area contributed by atoms with Crippen molar-refractivity contribution in [2.24, 2.45) is 10.4 Å². The van der Waals surface area contributed by atoms with Crippen LogP contribution in [0, 0.1) is 5.41 Å². The molecule has 1 aliphatic rings. The van der Waals surface area contributed by atoms with Crippen LogP contribution in [0.25, 0.3) is 0 Å². The van der Waals surface area contributed by atoms with E-state index in [1.54, 1.807) is 0 Å². The van der Waals surface area contributed by atoms with Gasteiger partial charge in [-0.1, -0.05) is 25.1 Å². The Bertz CT molecular complexity index is 814. The maximum Gasteiger partial charge on any atom is 0.0920 e. The second-order valence-corrected chi connectivity index (χ2v) is 7.09. The number of hydrogen-bond donors (Lipinski definition) is 0. The molecule has 26 heavy (non-hydrogen) atoms. The van der Waals surface area contributed by atoms with Crippen LogP contribution in [0.1, 0.15) is 51.4 Å². The van der Waals surface area contributed by atoms with Crippen LogP contribution in [-0.2, 0) is 13.0 Å². The average Bonchev–Trinajstić information content (AvgIpc) is 3.09. The van der Waals surface area contributed by atoms with E-state index in [0.717, 1.165) is 43.6 Å². The molecular weight excluding hydrogens is 320 g/mol. The summed E-state index contributed by atoms with van der Waals surface area (Å²) in [4.78, 5) is 9.35. The van der Waals surface area contributed by atoms with Gasteiger partial charge in [0.2, 0.25) is 0 Å². The summed E-state index contributed by atoms with van der Waals surface area (Å²) in [5.74, 6) is 0. The van der Waals surface area contributed by atoms with Crippen LogP contribution in [0.5, 0.6) is 0 Å². The molecule has 0 saturated heterocycles.